The van der Waals surface area contributed by atoms with E-state index in [-0.39, 0.29) is 29.7 Å². The summed E-state index contributed by atoms with van der Waals surface area (Å²) in [6, 6.07) is 9.38. The SMILES string of the molecule is COc1cc2ccc1Oc1cccc(F)c1CNC(=O)CCCN(CCC(C)CCCC(C)(C)O)CCCNC2=O. The van der Waals surface area contributed by atoms with Crippen LogP contribution in [0.25, 0.3) is 0 Å². The standard InChI is InChI=1S/C32H46FN3O5/c1-23(9-6-16-32(2,3)39)15-20-36-18-7-12-30(37)35-22-25-26(33)10-5-11-27(25)41-28-14-13-24(21-29(28)40-4)31(38)34-17-8-19-36/h5,10-11,13-14,21,23,39H,6-9,12,15-20,22H2,1-4H3,(H,34,38)(H,35,37). The first kappa shape index (κ1) is 32.3. The topological polar surface area (TPSA) is 100 Å². The van der Waals surface area contributed by atoms with Crippen molar-refractivity contribution in [2.45, 2.75) is 77.9 Å². The fourth-order valence-electron chi connectivity index (χ4n) is 4.93. The van der Waals surface area contributed by atoms with Gasteiger partial charge in [-0.1, -0.05) is 25.8 Å². The zero-order chi connectivity index (χ0) is 29.8. The predicted molar refractivity (Wildman–Crippen MR) is 158 cm³/mol. The Bertz CT molecular complexity index is 1150. The van der Waals surface area contributed by atoms with E-state index >= 15 is 0 Å². The van der Waals surface area contributed by atoms with Crippen molar-refractivity contribution < 1.29 is 28.6 Å². The molecule has 0 radical (unpaired) electrons. The molecular weight excluding hydrogens is 525 g/mol. The summed E-state index contributed by atoms with van der Waals surface area (Å²) in [5.41, 5.74) is 0.0427. The fraction of sp³-hybridized carbons (Fsp3) is 0.562. The summed E-state index contributed by atoms with van der Waals surface area (Å²) in [4.78, 5) is 27.9. The van der Waals surface area contributed by atoms with Gasteiger partial charge in [0, 0.05) is 30.6 Å². The molecule has 226 valence electrons. The second kappa shape index (κ2) is 15.7. The minimum absolute atomic E-state index is 0.00444. The number of hydrogen-bond acceptors (Lipinski definition) is 6. The molecule has 2 heterocycles. The molecule has 41 heavy (non-hydrogen) atoms. The number of amides is 2. The Morgan fingerprint density at radius 2 is 1.88 bits per heavy atom. The molecule has 9 heteroatoms. The molecule has 0 saturated carbocycles. The van der Waals surface area contributed by atoms with Crippen LogP contribution in [0, 0.1) is 11.7 Å². The average molecular weight is 572 g/mol. The second-order valence-corrected chi connectivity index (χ2v) is 11.6. The van der Waals surface area contributed by atoms with Crippen molar-refractivity contribution in [2.75, 3.05) is 33.3 Å². The van der Waals surface area contributed by atoms with E-state index in [4.69, 9.17) is 9.47 Å². The lowest BCUT2D eigenvalue weighted by atomic mass is 9.95. The minimum atomic E-state index is -0.636. The molecule has 2 aromatic rings. The summed E-state index contributed by atoms with van der Waals surface area (Å²) in [5, 5.41) is 15.8. The van der Waals surface area contributed by atoms with Gasteiger partial charge in [0.1, 0.15) is 11.6 Å². The van der Waals surface area contributed by atoms with Gasteiger partial charge in [0.15, 0.2) is 11.5 Å². The van der Waals surface area contributed by atoms with Crippen LogP contribution in [0.15, 0.2) is 36.4 Å². The number of benzene rings is 2. The summed E-state index contributed by atoms with van der Waals surface area (Å²) in [7, 11) is 1.48. The summed E-state index contributed by atoms with van der Waals surface area (Å²) in [5.74, 6) is 0.635. The van der Waals surface area contributed by atoms with Crippen molar-refractivity contribution in [3.05, 3.63) is 53.3 Å². The highest BCUT2D eigenvalue weighted by Gasteiger charge is 2.18. The molecule has 0 spiro atoms. The summed E-state index contributed by atoms with van der Waals surface area (Å²) >= 11 is 0. The highest BCUT2D eigenvalue weighted by atomic mass is 19.1. The lowest BCUT2D eigenvalue weighted by molar-refractivity contribution is -0.121. The molecule has 0 fully saturated rings. The quantitative estimate of drug-likeness (QED) is 0.391. The lowest BCUT2D eigenvalue weighted by Crippen LogP contribution is -2.32. The Morgan fingerprint density at radius 1 is 1.10 bits per heavy atom. The summed E-state index contributed by atoms with van der Waals surface area (Å²) < 4.78 is 26.2. The van der Waals surface area contributed by atoms with Crippen LogP contribution < -0.4 is 20.1 Å². The summed E-state index contributed by atoms with van der Waals surface area (Å²) in [6.45, 7) is 8.89. The van der Waals surface area contributed by atoms with E-state index in [2.05, 4.69) is 22.5 Å². The highest BCUT2D eigenvalue weighted by molar-refractivity contribution is 5.94. The van der Waals surface area contributed by atoms with Gasteiger partial charge in [-0.25, -0.2) is 4.39 Å². The van der Waals surface area contributed by atoms with Crippen LogP contribution in [-0.2, 0) is 11.3 Å². The average Bonchev–Trinajstić information content (AvgIpc) is 2.92. The summed E-state index contributed by atoms with van der Waals surface area (Å²) in [6.07, 6.45) is 5.62. The van der Waals surface area contributed by atoms with E-state index < -0.39 is 11.4 Å². The van der Waals surface area contributed by atoms with Crippen LogP contribution in [0.3, 0.4) is 0 Å². The molecule has 4 rings (SSSR count). The maximum Gasteiger partial charge on any atom is 0.251 e. The predicted octanol–water partition coefficient (Wildman–Crippen LogP) is 5.43. The van der Waals surface area contributed by atoms with E-state index in [0.29, 0.717) is 42.4 Å². The van der Waals surface area contributed by atoms with E-state index in [1.54, 1.807) is 30.3 Å². The molecule has 3 N–H and O–H groups in total. The Labute approximate surface area is 243 Å². The molecule has 2 aliphatic rings. The molecule has 0 aliphatic carbocycles. The number of carbonyl (C=O) groups excluding carboxylic acids is 2. The maximum atomic E-state index is 14.8. The monoisotopic (exact) mass is 571 g/mol. The van der Waals surface area contributed by atoms with Gasteiger partial charge >= 0.3 is 0 Å². The van der Waals surface area contributed by atoms with Crippen molar-refractivity contribution in [2.24, 2.45) is 5.92 Å². The molecule has 0 aromatic heterocycles. The number of fused-ring (bicyclic) bond motifs is 13. The first-order valence-corrected chi connectivity index (χ1v) is 14.7. The van der Waals surface area contributed by atoms with Gasteiger partial charge in [-0.2, -0.15) is 0 Å². The molecule has 2 aromatic carbocycles. The van der Waals surface area contributed by atoms with E-state index in [9.17, 15) is 19.1 Å². The van der Waals surface area contributed by atoms with Gasteiger partial charge in [-0.05, 0) is 95.4 Å². The van der Waals surface area contributed by atoms with E-state index in [1.807, 2.05) is 13.8 Å². The number of ether oxygens (including phenoxy) is 2. The number of rotatable bonds is 8. The Hall–Kier alpha value is -3.17. The molecule has 2 aliphatic heterocycles. The van der Waals surface area contributed by atoms with E-state index in [0.717, 1.165) is 51.7 Å². The highest BCUT2D eigenvalue weighted by Crippen LogP contribution is 2.34. The molecular formula is C32H46FN3O5. The van der Waals surface area contributed by atoms with Gasteiger partial charge in [-0.15, -0.1) is 0 Å². The van der Waals surface area contributed by atoms with Gasteiger partial charge in [0.05, 0.1) is 12.7 Å². The number of nitrogens with zero attached hydrogens (tertiary/aromatic N) is 1. The normalized spacial score (nSPS) is 16.8. The van der Waals surface area contributed by atoms with Crippen molar-refractivity contribution in [1.29, 1.82) is 0 Å². The largest absolute Gasteiger partial charge is 0.493 e. The van der Waals surface area contributed by atoms with Crippen molar-refractivity contribution >= 4 is 11.8 Å². The molecule has 1 atom stereocenters. The second-order valence-electron chi connectivity index (χ2n) is 11.6. The van der Waals surface area contributed by atoms with Crippen LogP contribution in [-0.4, -0.2) is 60.7 Å². The number of carbonyl (C=O) groups is 2. The van der Waals surface area contributed by atoms with Crippen LogP contribution in [0.2, 0.25) is 0 Å². The first-order valence-electron chi connectivity index (χ1n) is 14.7. The Kier molecular flexibility index (Phi) is 12.4. The third-order valence-electron chi connectivity index (χ3n) is 7.42. The van der Waals surface area contributed by atoms with E-state index in [1.165, 1.54) is 13.2 Å². The Morgan fingerprint density at radius 3 is 2.63 bits per heavy atom. The van der Waals surface area contributed by atoms with Crippen molar-refractivity contribution in [1.82, 2.24) is 15.5 Å². The zero-order valence-electron chi connectivity index (χ0n) is 24.9. The van der Waals surface area contributed by atoms with Gasteiger partial charge in [0.25, 0.3) is 5.91 Å². The number of nitrogens with one attached hydrogen (secondary N) is 2. The molecule has 8 nitrogen and oxygen atoms in total. The fourth-order valence-corrected chi connectivity index (χ4v) is 4.93. The van der Waals surface area contributed by atoms with Crippen LogP contribution in [0.5, 0.6) is 17.2 Å². The molecule has 2 amide bonds. The third kappa shape index (κ3) is 11.0. The lowest BCUT2D eigenvalue weighted by Gasteiger charge is -2.24. The third-order valence-corrected chi connectivity index (χ3v) is 7.42. The molecule has 2 bridgehead atoms. The molecule has 0 saturated heterocycles. The number of methoxy groups -OCH3 is 1. The molecule has 1 unspecified atom stereocenters. The van der Waals surface area contributed by atoms with Crippen molar-refractivity contribution in [3.8, 4) is 17.2 Å². The number of aliphatic hydroxyl groups is 1. The van der Waals surface area contributed by atoms with Gasteiger partial charge < -0.3 is 30.1 Å². The number of hydrogen-bond donors (Lipinski definition) is 3. The zero-order valence-corrected chi connectivity index (χ0v) is 24.9. The maximum absolute atomic E-state index is 14.8. The van der Waals surface area contributed by atoms with Crippen molar-refractivity contribution in [3.63, 3.8) is 0 Å². The minimum Gasteiger partial charge on any atom is -0.493 e. The smallest absolute Gasteiger partial charge is 0.251 e. The van der Waals surface area contributed by atoms with Gasteiger partial charge in [0.2, 0.25) is 5.91 Å². The Balaban J connectivity index is 1.71. The van der Waals surface area contributed by atoms with Crippen LogP contribution in [0.1, 0.15) is 81.6 Å². The number of halogens is 1. The first-order chi connectivity index (χ1) is 19.6. The van der Waals surface area contributed by atoms with Crippen LogP contribution in [0.4, 0.5) is 4.39 Å². The van der Waals surface area contributed by atoms with Crippen LogP contribution >= 0.6 is 0 Å². The van der Waals surface area contributed by atoms with Gasteiger partial charge in [-0.3, -0.25) is 9.59 Å².